The van der Waals surface area contributed by atoms with Gasteiger partial charge in [0.2, 0.25) is 5.16 Å². The summed E-state index contributed by atoms with van der Waals surface area (Å²) in [5.41, 5.74) is 2.05. The average molecular weight is 433 g/mol. The molecule has 154 valence electrons. The molecule has 0 aliphatic rings. The van der Waals surface area contributed by atoms with Crippen LogP contribution in [0.2, 0.25) is 0 Å². The van der Waals surface area contributed by atoms with Gasteiger partial charge in [-0.05, 0) is 42.0 Å². The van der Waals surface area contributed by atoms with E-state index in [-0.39, 0.29) is 17.4 Å². The molecule has 31 heavy (non-hydrogen) atoms. The Bertz CT molecular complexity index is 1390. The minimum atomic E-state index is -1.40. The lowest BCUT2D eigenvalue weighted by molar-refractivity contribution is 0.627. The summed E-state index contributed by atoms with van der Waals surface area (Å²) >= 11 is 0. The van der Waals surface area contributed by atoms with Crippen LogP contribution in [0, 0.1) is 17.1 Å². The molecule has 0 saturated heterocycles. The van der Waals surface area contributed by atoms with Crippen LogP contribution in [0.5, 0.6) is 0 Å². The number of benzene rings is 2. The van der Waals surface area contributed by atoms with Crippen molar-refractivity contribution in [2.24, 2.45) is 0 Å². The van der Waals surface area contributed by atoms with Crippen molar-refractivity contribution in [1.82, 2.24) is 19.1 Å². The van der Waals surface area contributed by atoms with Gasteiger partial charge >= 0.3 is 5.69 Å². The van der Waals surface area contributed by atoms with E-state index in [4.69, 9.17) is 0 Å². The Morgan fingerprint density at radius 3 is 2.58 bits per heavy atom. The lowest BCUT2D eigenvalue weighted by atomic mass is 10.1. The summed E-state index contributed by atoms with van der Waals surface area (Å²) in [5.74, 6) is -0.425. The first-order valence-corrected chi connectivity index (χ1v) is 10.8. The van der Waals surface area contributed by atoms with Gasteiger partial charge in [0.15, 0.2) is 0 Å². The topological polar surface area (TPSA) is 93.6 Å². The Labute approximate surface area is 179 Å². The van der Waals surface area contributed by atoms with Gasteiger partial charge in [-0.1, -0.05) is 18.2 Å². The Morgan fingerprint density at radius 1 is 1.13 bits per heavy atom. The second-order valence-electron chi connectivity index (χ2n) is 6.68. The zero-order valence-electron chi connectivity index (χ0n) is 16.4. The Morgan fingerprint density at radius 2 is 1.87 bits per heavy atom. The minimum Gasteiger partial charge on any atom is -0.294 e. The molecule has 4 aromatic rings. The van der Waals surface area contributed by atoms with Crippen molar-refractivity contribution < 1.29 is 8.60 Å². The standard InChI is InChI=1S/C22H16FN5O2S/c1-31(30)21-25-11-10-19(26-21)20-14-27(13-16-5-3-2-4-15(16)12-24)22(29)28(20)18-8-6-17(23)7-9-18/h2-11,14H,13H2,1H3. The predicted molar refractivity (Wildman–Crippen MR) is 114 cm³/mol. The van der Waals surface area contributed by atoms with Crippen LogP contribution < -0.4 is 5.69 Å². The van der Waals surface area contributed by atoms with E-state index in [1.54, 1.807) is 36.5 Å². The van der Waals surface area contributed by atoms with E-state index >= 15 is 0 Å². The normalized spacial score (nSPS) is 11.8. The summed E-state index contributed by atoms with van der Waals surface area (Å²) in [4.78, 5) is 21.7. The molecule has 0 fully saturated rings. The van der Waals surface area contributed by atoms with Gasteiger partial charge < -0.3 is 0 Å². The number of halogens is 1. The van der Waals surface area contributed by atoms with Crippen LogP contribution in [-0.2, 0) is 17.3 Å². The van der Waals surface area contributed by atoms with Crippen molar-refractivity contribution in [2.45, 2.75) is 11.7 Å². The van der Waals surface area contributed by atoms with Crippen molar-refractivity contribution in [2.75, 3.05) is 6.26 Å². The number of hydrogen-bond donors (Lipinski definition) is 0. The van der Waals surface area contributed by atoms with Gasteiger partial charge in [-0.3, -0.25) is 13.3 Å². The third kappa shape index (κ3) is 4.06. The van der Waals surface area contributed by atoms with Crippen LogP contribution in [0.4, 0.5) is 4.39 Å². The van der Waals surface area contributed by atoms with Gasteiger partial charge in [-0.25, -0.2) is 19.2 Å². The van der Waals surface area contributed by atoms with Crippen molar-refractivity contribution in [1.29, 1.82) is 5.26 Å². The highest BCUT2D eigenvalue weighted by Crippen LogP contribution is 2.21. The van der Waals surface area contributed by atoms with Crippen molar-refractivity contribution in [3.63, 3.8) is 0 Å². The molecule has 2 heterocycles. The maximum Gasteiger partial charge on any atom is 0.333 e. The number of nitrogens with zero attached hydrogens (tertiary/aromatic N) is 5. The van der Waals surface area contributed by atoms with E-state index in [2.05, 4.69) is 16.0 Å². The van der Waals surface area contributed by atoms with Crippen LogP contribution in [0.25, 0.3) is 17.1 Å². The van der Waals surface area contributed by atoms with Gasteiger partial charge in [0.05, 0.1) is 46.1 Å². The maximum atomic E-state index is 13.5. The molecule has 7 nitrogen and oxygen atoms in total. The highest BCUT2D eigenvalue weighted by atomic mass is 32.2. The monoisotopic (exact) mass is 433 g/mol. The minimum absolute atomic E-state index is 0.137. The average Bonchev–Trinajstić information content (AvgIpc) is 3.11. The van der Waals surface area contributed by atoms with E-state index in [0.29, 0.717) is 28.2 Å². The summed E-state index contributed by atoms with van der Waals surface area (Å²) in [6.45, 7) is 0.168. The molecule has 1 atom stereocenters. The van der Waals surface area contributed by atoms with Crippen LogP contribution in [-0.4, -0.2) is 29.6 Å². The van der Waals surface area contributed by atoms with Crippen molar-refractivity contribution >= 4 is 10.8 Å². The zero-order chi connectivity index (χ0) is 22.0. The first kappa shape index (κ1) is 20.4. The third-order valence-electron chi connectivity index (χ3n) is 4.67. The molecule has 0 N–H and O–H groups in total. The summed E-state index contributed by atoms with van der Waals surface area (Å²) < 4.78 is 28.2. The maximum absolute atomic E-state index is 13.5. The molecule has 1 unspecified atom stereocenters. The van der Waals surface area contributed by atoms with Crippen LogP contribution in [0.15, 0.2) is 76.9 Å². The molecule has 0 radical (unpaired) electrons. The Kier molecular flexibility index (Phi) is 5.56. The first-order chi connectivity index (χ1) is 15.0. The quantitative estimate of drug-likeness (QED) is 0.451. The summed E-state index contributed by atoms with van der Waals surface area (Å²) in [6.07, 6.45) is 4.56. The fraction of sp³-hybridized carbons (Fsp3) is 0.0909. The zero-order valence-corrected chi connectivity index (χ0v) is 17.2. The second-order valence-corrected chi connectivity index (χ2v) is 7.96. The number of hydrogen-bond acceptors (Lipinski definition) is 5. The first-order valence-electron chi connectivity index (χ1n) is 9.21. The summed E-state index contributed by atoms with van der Waals surface area (Å²) in [6, 6.07) is 16.3. The fourth-order valence-corrected chi connectivity index (χ4v) is 3.63. The number of rotatable bonds is 5. The lowest BCUT2D eigenvalue weighted by Crippen LogP contribution is -2.24. The molecule has 9 heteroatoms. The highest BCUT2D eigenvalue weighted by molar-refractivity contribution is 7.84. The molecular weight excluding hydrogens is 417 g/mol. The molecule has 2 aromatic carbocycles. The molecule has 0 amide bonds. The van der Waals surface area contributed by atoms with E-state index in [1.807, 2.05) is 0 Å². The van der Waals surface area contributed by atoms with Gasteiger partial charge in [0.25, 0.3) is 0 Å². The lowest BCUT2D eigenvalue weighted by Gasteiger charge is -2.07. The van der Waals surface area contributed by atoms with Crippen LogP contribution in [0.1, 0.15) is 11.1 Å². The van der Waals surface area contributed by atoms with Crippen molar-refractivity contribution in [3.05, 3.63) is 94.4 Å². The highest BCUT2D eigenvalue weighted by Gasteiger charge is 2.18. The molecule has 0 bridgehead atoms. The molecule has 0 aliphatic carbocycles. The summed E-state index contributed by atoms with van der Waals surface area (Å²) in [7, 11) is -1.40. The van der Waals surface area contributed by atoms with Gasteiger partial charge in [0, 0.05) is 18.6 Å². The number of imidazole rings is 1. The third-order valence-corrected chi connectivity index (χ3v) is 5.38. The van der Waals surface area contributed by atoms with E-state index in [9.17, 15) is 18.7 Å². The summed E-state index contributed by atoms with van der Waals surface area (Å²) in [5, 5.41) is 9.50. The fourth-order valence-electron chi connectivity index (χ4n) is 3.20. The van der Waals surface area contributed by atoms with E-state index < -0.39 is 16.6 Å². The smallest absolute Gasteiger partial charge is 0.294 e. The Hall–Kier alpha value is -3.90. The van der Waals surface area contributed by atoms with E-state index in [1.165, 1.54) is 45.9 Å². The van der Waals surface area contributed by atoms with Crippen molar-refractivity contribution in [3.8, 4) is 23.1 Å². The Balaban J connectivity index is 1.91. The molecule has 2 aromatic heterocycles. The largest absolute Gasteiger partial charge is 0.333 e. The second kappa shape index (κ2) is 8.45. The van der Waals surface area contributed by atoms with Crippen LogP contribution in [0.3, 0.4) is 0 Å². The molecule has 4 rings (SSSR count). The van der Waals surface area contributed by atoms with Gasteiger partial charge in [-0.2, -0.15) is 5.26 Å². The van der Waals surface area contributed by atoms with Gasteiger partial charge in [0.1, 0.15) is 5.82 Å². The van der Waals surface area contributed by atoms with Gasteiger partial charge in [-0.15, -0.1) is 0 Å². The SMILES string of the molecule is CS(=O)c1nccc(-c2cn(Cc3ccccc3C#N)c(=O)n2-c2ccc(F)cc2)n1. The molecule has 0 aliphatic heterocycles. The number of aromatic nitrogens is 4. The van der Waals surface area contributed by atoms with E-state index in [0.717, 1.165) is 0 Å². The van der Waals surface area contributed by atoms with Crippen LogP contribution >= 0.6 is 0 Å². The molecule has 0 spiro atoms. The molecule has 0 saturated carbocycles. The number of nitriles is 1. The molecular formula is C22H16FN5O2S. The predicted octanol–water partition coefficient (Wildman–Crippen LogP) is 2.89.